The van der Waals surface area contributed by atoms with Crippen LogP contribution in [0.3, 0.4) is 0 Å². The van der Waals surface area contributed by atoms with Crippen molar-refractivity contribution < 1.29 is 8.76 Å². The molecule has 1 atom stereocenters. The second-order valence-corrected chi connectivity index (χ2v) is 3.27. The summed E-state index contributed by atoms with van der Waals surface area (Å²) < 4.78 is 19.7. The number of nitrogens with one attached hydrogen (secondary N) is 1. The van der Waals surface area contributed by atoms with Crippen molar-refractivity contribution in [2.24, 2.45) is 0 Å². The molecular formula is C7H6N2O2S. The minimum Gasteiger partial charge on any atom is -0.302 e. The first-order valence-corrected chi connectivity index (χ1v) is 4.42. The Bertz CT molecular complexity index is 438. The molecule has 0 amide bonds. The van der Waals surface area contributed by atoms with Crippen molar-refractivity contribution in [3.05, 3.63) is 24.4 Å². The van der Waals surface area contributed by atoms with E-state index in [1.165, 1.54) is 0 Å². The standard InChI is InChI=1S/C7H6N2O2S/c10-12(11)7-3-1-2-6-5(7)4-8-9-6/h1-4H,(H,8,9)(H,10,11). The van der Waals surface area contributed by atoms with Gasteiger partial charge in [-0.15, -0.1) is 0 Å². The molecule has 2 rings (SSSR count). The quantitative estimate of drug-likeness (QED) is 0.650. The number of rotatable bonds is 1. The van der Waals surface area contributed by atoms with E-state index in [0.717, 1.165) is 5.52 Å². The van der Waals surface area contributed by atoms with E-state index in [2.05, 4.69) is 10.2 Å². The molecule has 0 saturated heterocycles. The highest BCUT2D eigenvalue weighted by Crippen LogP contribution is 2.17. The van der Waals surface area contributed by atoms with Crippen LogP contribution < -0.4 is 0 Å². The maximum atomic E-state index is 10.8. The van der Waals surface area contributed by atoms with Crippen molar-refractivity contribution in [3.63, 3.8) is 0 Å². The van der Waals surface area contributed by atoms with E-state index in [1.807, 2.05) is 0 Å². The molecule has 2 aromatic rings. The number of nitrogens with zero attached hydrogens (tertiary/aromatic N) is 1. The van der Waals surface area contributed by atoms with E-state index >= 15 is 0 Å². The molecule has 0 aliphatic heterocycles. The zero-order valence-electron chi connectivity index (χ0n) is 6.02. The van der Waals surface area contributed by atoms with Gasteiger partial charge in [0.25, 0.3) is 0 Å². The number of hydrogen-bond acceptors (Lipinski definition) is 2. The van der Waals surface area contributed by atoms with Gasteiger partial charge in [0.05, 0.1) is 16.6 Å². The summed E-state index contributed by atoms with van der Waals surface area (Å²) in [5.74, 6) is 0. The SMILES string of the molecule is O=S(O)c1cccc2[nH]ncc12. The smallest absolute Gasteiger partial charge is 0.187 e. The number of benzene rings is 1. The predicted molar refractivity (Wildman–Crippen MR) is 45.1 cm³/mol. The summed E-state index contributed by atoms with van der Waals surface area (Å²) in [6, 6.07) is 5.12. The summed E-state index contributed by atoms with van der Waals surface area (Å²) >= 11 is -1.94. The topological polar surface area (TPSA) is 66.0 Å². The Morgan fingerprint density at radius 2 is 2.33 bits per heavy atom. The second-order valence-electron chi connectivity index (χ2n) is 2.34. The number of H-pyrrole nitrogens is 1. The zero-order chi connectivity index (χ0) is 8.55. The fourth-order valence-corrected chi connectivity index (χ4v) is 1.64. The highest BCUT2D eigenvalue weighted by molar-refractivity contribution is 7.79. The predicted octanol–water partition coefficient (Wildman–Crippen LogP) is 1.14. The van der Waals surface area contributed by atoms with Crippen LogP contribution in [0.4, 0.5) is 0 Å². The molecule has 1 unspecified atom stereocenters. The number of hydrogen-bond donors (Lipinski definition) is 2. The minimum absolute atomic E-state index is 0.390. The van der Waals surface area contributed by atoms with Gasteiger partial charge >= 0.3 is 0 Å². The van der Waals surface area contributed by atoms with E-state index in [4.69, 9.17) is 4.55 Å². The van der Waals surface area contributed by atoms with Crippen LogP contribution in [-0.4, -0.2) is 19.0 Å². The van der Waals surface area contributed by atoms with Crippen LogP contribution >= 0.6 is 0 Å². The molecule has 0 bridgehead atoms. The van der Waals surface area contributed by atoms with Crippen LogP contribution in [0, 0.1) is 0 Å². The van der Waals surface area contributed by atoms with E-state index in [-0.39, 0.29) is 0 Å². The van der Waals surface area contributed by atoms with Gasteiger partial charge in [-0.3, -0.25) is 5.10 Å². The van der Waals surface area contributed by atoms with Crippen molar-refractivity contribution in [1.82, 2.24) is 10.2 Å². The Morgan fingerprint density at radius 3 is 3.08 bits per heavy atom. The molecule has 0 aliphatic carbocycles. The van der Waals surface area contributed by atoms with Gasteiger partial charge in [-0.1, -0.05) is 6.07 Å². The molecule has 1 aromatic heterocycles. The largest absolute Gasteiger partial charge is 0.302 e. The van der Waals surface area contributed by atoms with Crippen molar-refractivity contribution in [1.29, 1.82) is 0 Å². The monoisotopic (exact) mass is 182 g/mol. The maximum Gasteiger partial charge on any atom is 0.187 e. The lowest BCUT2D eigenvalue weighted by Gasteiger charge is -1.94. The average molecular weight is 182 g/mol. The molecule has 2 N–H and O–H groups in total. The van der Waals surface area contributed by atoms with Crippen molar-refractivity contribution in [3.8, 4) is 0 Å². The first kappa shape index (κ1) is 7.45. The van der Waals surface area contributed by atoms with Gasteiger partial charge < -0.3 is 4.55 Å². The Balaban J connectivity index is 2.82. The Morgan fingerprint density at radius 1 is 1.50 bits per heavy atom. The van der Waals surface area contributed by atoms with Crippen LogP contribution in [0.25, 0.3) is 10.9 Å². The summed E-state index contributed by atoms with van der Waals surface area (Å²) in [6.07, 6.45) is 1.54. The molecule has 0 aliphatic rings. The number of aromatic nitrogens is 2. The maximum absolute atomic E-state index is 10.8. The molecule has 1 aromatic carbocycles. The van der Waals surface area contributed by atoms with E-state index in [9.17, 15) is 4.21 Å². The first-order chi connectivity index (χ1) is 5.79. The second kappa shape index (κ2) is 2.69. The molecule has 0 radical (unpaired) electrons. The Hall–Kier alpha value is -1.20. The minimum atomic E-state index is -1.94. The summed E-state index contributed by atoms with van der Waals surface area (Å²) in [6.45, 7) is 0. The van der Waals surface area contributed by atoms with Gasteiger partial charge in [-0.05, 0) is 12.1 Å². The lowest BCUT2D eigenvalue weighted by atomic mass is 10.3. The van der Waals surface area contributed by atoms with Crippen LogP contribution in [0.2, 0.25) is 0 Å². The molecule has 12 heavy (non-hydrogen) atoms. The van der Waals surface area contributed by atoms with Crippen LogP contribution in [0.5, 0.6) is 0 Å². The van der Waals surface area contributed by atoms with Gasteiger partial charge in [0.15, 0.2) is 11.1 Å². The third-order valence-electron chi connectivity index (χ3n) is 1.63. The number of fused-ring (bicyclic) bond motifs is 1. The molecular weight excluding hydrogens is 176 g/mol. The van der Waals surface area contributed by atoms with Gasteiger partial charge in [0, 0.05) is 5.39 Å². The van der Waals surface area contributed by atoms with E-state index < -0.39 is 11.1 Å². The third kappa shape index (κ3) is 1.03. The highest BCUT2D eigenvalue weighted by Gasteiger charge is 2.05. The zero-order valence-corrected chi connectivity index (χ0v) is 6.84. The molecule has 0 spiro atoms. The van der Waals surface area contributed by atoms with E-state index in [1.54, 1.807) is 24.4 Å². The van der Waals surface area contributed by atoms with Crippen LogP contribution in [0.15, 0.2) is 29.3 Å². The van der Waals surface area contributed by atoms with Gasteiger partial charge in [0.2, 0.25) is 0 Å². The summed E-state index contributed by atoms with van der Waals surface area (Å²) in [4.78, 5) is 0.390. The van der Waals surface area contributed by atoms with Gasteiger partial charge in [-0.25, -0.2) is 4.21 Å². The molecule has 1 heterocycles. The fourth-order valence-electron chi connectivity index (χ4n) is 1.09. The fraction of sp³-hybridized carbons (Fsp3) is 0. The lowest BCUT2D eigenvalue weighted by Crippen LogP contribution is -1.87. The first-order valence-electron chi connectivity index (χ1n) is 3.32. The summed E-state index contributed by atoms with van der Waals surface area (Å²) in [5.41, 5.74) is 0.773. The van der Waals surface area contributed by atoms with Crippen LogP contribution in [-0.2, 0) is 11.1 Å². The lowest BCUT2D eigenvalue weighted by molar-refractivity contribution is 0.565. The molecule has 0 fully saturated rings. The average Bonchev–Trinajstić information content (AvgIpc) is 2.49. The molecule has 4 nitrogen and oxygen atoms in total. The summed E-state index contributed by atoms with van der Waals surface area (Å²) in [7, 11) is 0. The molecule has 62 valence electrons. The highest BCUT2D eigenvalue weighted by atomic mass is 32.2. The molecule has 0 saturated carbocycles. The third-order valence-corrected chi connectivity index (χ3v) is 2.37. The van der Waals surface area contributed by atoms with E-state index in [0.29, 0.717) is 10.3 Å². The number of aromatic amines is 1. The van der Waals surface area contributed by atoms with Gasteiger partial charge in [-0.2, -0.15) is 5.10 Å². The van der Waals surface area contributed by atoms with Crippen LogP contribution in [0.1, 0.15) is 0 Å². The Kier molecular flexibility index (Phi) is 1.67. The van der Waals surface area contributed by atoms with Crippen molar-refractivity contribution in [2.75, 3.05) is 0 Å². The normalized spacial score (nSPS) is 13.4. The van der Waals surface area contributed by atoms with Crippen molar-refractivity contribution >= 4 is 22.0 Å². The van der Waals surface area contributed by atoms with Crippen molar-refractivity contribution in [2.45, 2.75) is 4.90 Å². The molecule has 5 heteroatoms. The van der Waals surface area contributed by atoms with Gasteiger partial charge in [0.1, 0.15) is 0 Å². The Labute approximate surface area is 70.9 Å². The summed E-state index contributed by atoms with van der Waals surface area (Å²) in [5, 5.41) is 7.19.